The van der Waals surface area contributed by atoms with Crippen molar-refractivity contribution in [2.24, 2.45) is 0 Å². The fourth-order valence-electron chi connectivity index (χ4n) is 3.56. The average Bonchev–Trinajstić information content (AvgIpc) is 3.21. The highest BCUT2D eigenvalue weighted by molar-refractivity contribution is 7.10. The van der Waals surface area contributed by atoms with Crippen molar-refractivity contribution >= 4 is 23.2 Å². The molecule has 168 valence electrons. The third kappa shape index (κ3) is 6.07. The van der Waals surface area contributed by atoms with Gasteiger partial charge in [-0.3, -0.25) is 9.59 Å². The summed E-state index contributed by atoms with van der Waals surface area (Å²) in [4.78, 5) is 31.4. The highest BCUT2D eigenvalue weighted by Gasteiger charge is 2.25. The van der Waals surface area contributed by atoms with Gasteiger partial charge in [0, 0.05) is 23.0 Å². The van der Waals surface area contributed by atoms with Crippen molar-refractivity contribution < 1.29 is 9.59 Å². The Bertz CT molecular complexity index is 1030. The number of thiophene rings is 1. The molecule has 0 saturated heterocycles. The zero-order valence-corrected chi connectivity index (χ0v) is 20.2. The van der Waals surface area contributed by atoms with E-state index in [1.54, 1.807) is 16.2 Å². The normalized spacial score (nSPS) is 10.9. The van der Waals surface area contributed by atoms with Crippen LogP contribution in [0.2, 0.25) is 0 Å². The van der Waals surface area contributed by atoms with E-state index >= 15 is 0 Å². The third-order valence-corrected chi connectivity index (χ3v) is 6.68. The van der Waals surface area contributed by atoms with Gasteiger partial charge in [0.15, 0.2) is 0 Å². The predicted molar refractivity (Wildman–Crippen MR) is 132 cm³/mol. The van der Waals surface area contributed by atoms with E-state index in [-0.39, 0.29) is 24.4 Å². The van der Waals surface area contributed by atoms with E-state index in [4.69, 9.17) is 0 Å². The van der Waals surface area contributed by atoms with Crippen molar-refractivity contribution in [1.29, 1.82) is 0 Å². The molecule has 0 spiro atoms. The zero-order valence-electron chi connectivity index (χ0n) is 19.4. The van der Waals surface area contributed by atoms with Gasteiger partial charge in [-0.2, -0.15) is 0 Å². The first-order valence-corrected chi connectivity index (χ1v) is 12.0. The summed E-state index contributed by atoms with van der Waals surface area (Å²) in [7, 11) is 0. The molecule has 1 aromatic heterocycles. The van der Waals surface area contributed by atoms with Crippen LogP contribution in [0.4, 0.5) is 0 Å². The third-order valence-electron chi connectivity index (χ3n) is 5.67. The Balaban J connectivity index is 1.80. The number of nitrogens with zero attached hydrogens (tertiary/aromatic N) is 2. The SMILES string of the molecule is CCc1ccc(C(=O)N(CC(=O)N(Cc2ccccc2)Cc2sccc2C)C(C)C)cc1. The van der Waals surface area contributed by atoms with E-state index in [9.17, 15) is 9.59 Å². The van der Waals surface area contributed by atoms with Crippen LogP contribution in [0.3, 0.4) is 0 Å². The van der Waals surface area contributed by atoms with Crippen LogP contribution < -0.4 is 0 Å². The number of amides is 2. The van der Waals surface area contributed by atoms with Crippen LogP contribution >= 0.6 is 11.3 Å². The minimum absolute atomic E-state index is 0.0473. The van der Waals surface area contributed by atoms with Gasteiger partial charge in [-0.1, -0.05) is 49.4 Å². The van der Waals surface area contributed by atoms with Crippen LogP contribution in [0, 0.1) is 6.92 Å². The molecule has 4 nitrogen and oxygen atoms in total. The molecule has 0 saturated carbocycles. The van der Waals surface area contributed by atoms with Crippen molar-refractivity contribution in [3.63, 3.8) is 0 Å². The smallest absolute Gasteiger partial charge is 0.254 e. The summed E-state index contributed by atoms with van der Waals surface area (Å²) in [6, 6.07) is 19.7. The van der Waals surface area contributed by atoms with Gasteiger partial charge in [-0.15, -0.1) is 11.3 Å². The summed E-state index contributed by atoms with van der Waals surface area (Å²) in [5.41, 5.74) is 4.07. The van der Waals surface area contributed by atoms with Crippen molar-refractivity contribution in [3.05, 3.63) is 93.2 Å². The Labute approximate surface area is 195 Å². The average molecular weight is 449 g/mol. The number of aryl methyl sites for hydroxylation is 2. The number of rotatable bonds is 9. The van der Waals surface area contributed by atoms with Gasteiger partial charge in [0.1, 0.15) is 6.54 Å². The lowest BCUT2D eigenvalue weighted by Gasteiger charge is -2.30. The second-order valence-electron chi connectivity index (χ2n) is 8.34. The molecule has 3 rings (SSSR count). The first-order chi connectivity index (χ1) is 15.4. The highest BCUT2D eigenvalue weighted by Crippen LogP contribution is 2.20. The molecule has 0 aliphatic heterocycles. The number of hydrogen-bond acceptors (Lipinski definition) is 3. The van der Waals surface area contributed by atoms with Gasteiger partial charge in [0.25, 0.3) is 5.91 Å². The molecule has 0 atom stereocenters. The molecule has 1 heterocycles. The molecule has 0 N–H and O–H groups in total. The topological polar surface area (TPSA) is 40.6 Å². The largest absolute Gasteiger partial charge is 0.332 e. The molecule has 0 aliphatic carbocycles. The van der Waals surface area contributed by atoms with Crippen LogP contribution in [0.5, 0.6) is 0 Å². The Morgan fingerprint density at radius 2 is 1.59 bits per heavy atom. The summed E-state index contributed by atoms with van der Waals surface area (Å²) in [6.45, 7) is 9.19. The van der Waals surface area contributed by atoms with E-state index < -0.39 is 0 Å². The van der Waals surface area contributed by atoms with Crippen LogP contribution in [0.25, 0.3) is 0 Å². The lowest BCUT2D eigenvalue weighted by Crippen LogP contribution is -2.45. The molecule has 32 heavy (non-hydrogen) atoms. The fourth-order valence-corrected chi connectivity index (χ4v) is 4.48. The van der Waals surface area contributed by atoms with E-state index in [1.165, 1.54) is 16.0 Å². The maximum Gasteiger partial charge on any atom is 0.254 e. The van der Waals surface area contributed by atoms with Crippen molar-refractivity contribution in [2.75, 3.05) is 6.54 Å². The molecular weight excluding hydrogens is 416 g/mol. The zero-order chi connectivity index (χ0) is 23.1. The standard InChI is InChI=1S/C27H32N2O2S/c1-5-22-11-13-24(14-12-22)27(31)29(20(2)3)19-26(30)28(17-23-9-7-6-8-10-23)18-25-21(4)15-16-32-25/h6-16,20H,5,17-19H2,1-4H3. The first kappa shape index (κ1) is 23.7. The first-order valence-electron chi connectivity index (χ1n) is 11.1. The minimum atomic E-state index is -0.108. The molecule has 0 bridgehead atoms. The van der Waals surface area contributed by atoms with Gasteiger partial charge >= 0.3 is 0 Å². The second kappa shape index (κ2) is 11.1. The molecular formula is C27H32N2O2S. The number of benzene rings is 2. The summed E-state index contributed by atoms with van der Waals surface area (Å²) < 4.78 is 0. The second-order valence-corrected chi connectivity index (χ2v) is 9.34. The molecule has 0 radical (unpaired) electrons. The number of carbonyl (C=O) groups excluding carboxylic acids is 2. The number of hydrogen-bond donors (Lipinski definition) is 0. The van der Waals surface area contributed by atoms with Gasteiger partial charge in [0.05, 0.1) is 6.54 Å². The molecule has 3 aromatic rings. The van der Waals surface area contributed by atoms with Gasteiger partial charge in [-0.25, -0.2) is 0 Å². The van der Waals surface area contributed by atoms with E-state index in [2.05, 4.69) is 25.3 Å². The Morgan fingerprint density at radius 1 is 0.906 bits per heavy atom. The predicted octanol–water partition coefficient (Wildman–Crippen LogP) is 5.70. The van der Waals surface area contributed by atoms with Crippen molar-refractivity contribution in [1.82, 2.24) is 9.80 Å². The monoisotopic (exact) mass is 448 g/mol. The Hall–Kier alpha value is -2.92. The van der Waals surface area contributed by atoms with Gasteiger partial charge in [0.2, 0.25) is 5.91 Å². The Kier molecular flexibility index (Phi) is 8.23. The van der Waals surface area contributed by atoms with Gasteiger partial charge in [-0.05, 0) is 67.5 Å². The Morgan fingerprint density at radius 3 is 2.16 bits per heavy atom. The molecule has 0 unspecified atom stereocenters. The summed E-state index contributed by atoms with van der Waals surface area (Å²) in [5, 5.41) is 2.06. The van der Waals surface area contributed by atoms with Crippen LogP contribution in [0.15, 0.2) is 66.0 Å². The fraction of sp³-hybridized carbons (Fsp3) is 0.333. The lowest BCUT2D eigenvalue weighted by atomic mass is 10.1. The van der Waals surface area contributed by atoms with Gasteiger partial charge < -0.3 is 9.80 Å². The molecule has 0 aliphatic rings. The minimum Gasteiger partial charge on any atom is -0.332 e. The molecule has 0 fully saturated rings. The lowest BCUT2D eigenvalue weighted by molar-refractivity contribution is -0.133. The highest BCUT2D eigenvalue weighted by atomic mass is 32.1. The van der Waals surface area contributed by atoms with Crippen molar-refractivity contribution in [2.45, 2.75) is 53.2 Å². The summed E-state index contributed by atoms with van der Waals surface area (Å²) in [6.07, 6.45) is 0.928. The van der Waals surface area contributed by atoms with Crippen molar-refractivity contribution in [3.8, 4) is 0 Å². The van der Waals surface area contributed by atoms with Crippen LogP contribution in [-0.2, 0) is 24.3 Å². The van der Waals surface area contributed by atoms with E-state index in [1.807, 2.05) is 73.3 Å². The maximum absolute atomic E-state index is 13.5. The van der Waals surface area contributed by atoms with E-state index in [0.29, 0.717) is 18.7 Å². The van der Waals surface area contributed by atoms with Crippen LogP contribution in [-0.4, -0.2) is 34.2 Å². The molecule has 2 amide bonds. The molecule has 2 aromatic carbocycles. The number of carbonyl (C=O) groups is 2. The van der Waals surface area contributed by atoms with Crippen LogP contribution in [0.1, 0.15) is 52.7 Å². The summed E-state index contributed by atoms with van der Waals surface area (Å²) in [5.74, 6) is -0.156. The molecule has 5 heteroatoms. The quantitative estimate of drug-likeness (QED) is 0.421. The summed E-state index contributed by atoms with van der Waals surface area (Å²) >= 11 is 1.66. The maximum atomic E-state index is 13.5. The van der Waals surface area contributed by atoms with E-state index in [0.717, 1.165) is 12.0 Å².